The Morgan fingerprint density at radius 3 is 0.981 bits per heavy atom. The largest absolute Gasteiger partial charge is 0.362 e. The molecule has 4 heteroatoms. The molecule has 11 aromatic rings. The van der Waals surface area contributed by atoms with Crippen LogP contribution in [0.4, 0.5) is 11.4 Å². The van der Waals surface area contributed by atoms with Crippen LogP contribution in [0.25, 0.3) is 86.4 Å². The summed E-state index contributed by atoms with van der Waals surface area (Å²) in [5, 5.41) is 18.7. The van der Waals surface area contributed by atoms with E-state index in [4.69, 9.17) is 9.97 Å². The van der Waals surface area contributed by atoms with Gasteiger partial charge in [0.1, 0.15) is 0 Å². The zero-order valence-corrected chi connectivity index (χ0v) is 28.3. The van der Waals surface area contributed by atoms with Crippen molar-refractivity contribution in [2.45, 2.75) is 26.2 Å². The number of benzene rings is 9. The Bertz CT molecular complexity index is 2950. The van der Waals surface area contributed by atoms with Crippen LogP contribution in [0.5, 0.6) is 0 Å². The lowest BCUT2D eigenvalue weighted by atomic mass is 9.88. The molecular formula is C48H30N4. The summed E-state index contributed by atoms with van der Waals surface area (Å²) >= 11 is 0. The van der Waals surface area contributed by atoms with Crippen molar-refractivity contribution < 1.29 is 0 Å². The van der Waals surface area contributed by atoms with Gasteiger partial charge in [-0.3, -0.25) is 9.97 Å². The summed E-state index contributed by atoms with van der Waals surface area (Å²) in [5.41, 5.74) is 10.2. The minimum absolute atomic E-state index is 0.872. The zero-order chi connectivity index (χ0) is 33.7. The predicted octanol–water partition coefficient (Wildman–Crippen LogP) is 11.6. The highest BCUT2D eigenvalue weighted by atomic mass is 15.2. The molecule has 0 saturated heterocycles. The van der Waals surface area contributed by atoms with Crippen LogP contribution < -0.4 is 9.80 Å². The predicted molar refractivity (Wildman–Crippen MR) is 217 cm³/mol. The fourth-order valence-corrected chi connectivity index (χ4v) is 10.3. The molecule has 242 valence electrons. The van der Waals surface area contributed by atoms with Crippen molar-refractivity contribution in [3.05, 3.63) is 156 Å². The molecule has 0 aliphatic carbocycles. The van der Waals surface area contributed by atoms with Gasteiger partial charge < -0.3 is 9.80 Å². The summed E-state index contributed by atoms with van der Waals surface area (Å²) in [6.07, 6.45) is 3.96. The van der Waals surface area contributed by atoms with E-state index in [1.54, 1.807) is 0 Å². The summed E-state index contributed by atoms with van der Waals surface area (Å²) in [7, 11) is 0. The molecule has 9 aromatic carbocycles. The molecule has 52 heavy (non-hydrogen) atoms. The van der Waals surface area contributed by atoms with Gasteiger partial charge in [-0.25, -0.2) is 0 Å². The van der Waals surface area contributed by atoms with Gasteiger partial charge >= 0.3 is 0 Å². The summed E-state index contributed by atoms with van der Waals surface area (Å²) in [6, 6.07) is 45.3. The molecule has 4 heterocycles. The summed E-state index contributed by atoms with van der Waals surface area (Å²) < 4.78 is 0. The van der Waals surface area contributed by atoms with Gasteiger partial charge in [0.15, 0.2) is 0 Å². The van der Waals surface area contributed by atoms with Crippen LogP contribution in [-0.2, 0) is 26.2 Å². The van der Waals surface area contributed by atoms with Gasteiger partial charge in [-0.1, -0.05) is 97.1 Å². The van der Waals surface area contributed by atoms with Gasteiger partial charge in [-0.2, -0.15) is 0 Å². The maximum Gasteiger partial charge on any atom is 0.0986 e. The van der Waals surface area contributed by atoms with Crippen molar-refractivity contribution in [3.63, 3.8) is 0 Å². The van der Waals surface area contributed by atoms with E-state index in [9.17, 15) is 0 Å². The fraction of sp³-hybridized carbons (Fsp3) is 0.0833. The number of hydrogen-bond donors (Lipinski definition) is 0. The van der Waals surface area contributed by atoms with Gasteiger partial charge in [0.25, 0.3) is 0 Å². The second kappa shape index (κ2) is 9.62. The molecule has 0 spiro atoms. The SMILES string of the molecule is c1cc2ccc3cccc4c5c(c(c1)c2c34)CN(c1ccnc2c1ccc1c(N3Cc4c(c6cccc7ccc8cccc4c8c76)C3)ccnc12)C5. The smallest absolute Gasteiger partial charge is 0.0986 e. The van der Waals surface area contributed by atoms with Gasteiger partial charge in [-0.15, -0.1) is 0 Å². The van der Waals surface area contributed by atoms with E-state index < -0.39 is 0 Å². The van der Waals surface area contributed by atoms with E-state index in [2.05, 4.69) is 131 Å². The number of nitrogens with zero attached hydrogens (tertiary/aromatic N) is 4. The molecule has 4 nitrogen and oxygen atoms in total. The minimum Gasteiger partial charge on any atom is -0.362 e. The molecule has 2 aliphatic rings. The lowest BCUT2D eigenvalue weighted by Crippen LogP contribution is -2.16. The lowest BCUT2D eigenvalue weighted by molar-refractivity contribution is 0.887. The summed E-state index contributed by atoms with van der Waals surface area (Å²) in [4.78, 5) is 15.1. The van der Waals surface area contributed by atoms with Crippen LogP contribution >= 0.6 is 0 Å². The van der Waals surface area contributed by atoms with Crippen molar-refractivity contribution in [1.29, 1.82) is 0 Å². The van der Waals surface area contributed by atoms with Gasteiger partial charge in [0, 0.05) is 60.7 Å². The highest BCUT2D eigenvalue weighted by molar-refractivity contribution is 6.26. The van der Waals surface area contributed by atoms with Crippen LogP contribution in [0, 0.1) is 0 Å². The van der Waals surface area contributed by atoms with Crippen LogP contribution in [-0.4, -0.2) is 9.97 Å². The average Bonchev–Trinajstić information content (AvgIpc) is 3.86. The molecule has 13 rings (SSSR count). The third-order valence-electron chi connectivity index (χ3n) is 12.5. The molecule has 2 aromatic heterocycles. The van der Waals surface area contributed by atoms with E-state index >= 15 is 0 Å². The summed E-state index contributed by atoms with van der Waals surface area (Å²) in [5.74, 6) is 0. The van der Waals surface area contributed by atoms with Crippen molar-refractivity contribution in [2.24, 2.45) is 0 Å². The molecule has 0 radical (unpaired) electrons. The van der Waals surface area contributed by atoms with E-state index in [1.807, 2.05) is 12.4 Å². The number of pyridine rings is 2. The molecule has 0 unspecified atom stereocenters. The highest BCUT2D eigenvalue weighted by Gasteiger charge is 2.29. The first-order valence-corrected chi connectivity index (χ1v) is 18.3. The topological polar surface area (TPSA) is 32.3 Å². The van der Waals surface area contributed by atoms with E-state index in [0.717, 1.165) is 48.0 Å². The Morgan fingerprint density at radius 2 is 0.654 bits per heavy atom. The molecule has 0 atom stereocenters. The monoisotopic (exact) mass is 662 g/mol. The first-order chi connectivity index (χ1) is 25.8. The number of aromatic nitrogens is 2. The third-order valence-corrected chi connectivity index (χ3v) is 12.5. The Balaban J connectivity index is 0.943. The molecule has 2 aliphatic heterocycles. The Hall–Kier alpha value is -6.52. The quantitative estimate of drug-likeness (QED) is 0.172. The Labute approximate surface area is 298 Å². The standard InChI is InChI=1S/C48H30N4/c1-5-27-13-14-28-6-2-10-32-38-24-51(23-37(38)31(9-1)43(27)44(28)32)41-19-21-49-47-35(41)17-18-36-42(20-22-50-48(36)47)52-25-39-33-11-3-7-29-15-16-30-8-4-12-34(40(39)26-52)46(30)45(29)33/h1-22H,23-26H2. The second-order valence-electron chi connectivity index (χ2n) is 14.9. The minimum atomic E-state index is 0.872. The first kappa shape index (κ1) is 27.2. The second-order valence-corrected chi connectivity index (χ2v) is 14.9. The molecule has 0 bridgehead atoms. The molecule has 0 fully saturated rings. The lowest BCUT2D eigenvalue weighted by Gasteiger charge is -2.22. The van der Waals surface area contributed by atoms with Crippen molar-refractivity contribution >= 4 is 97.8 Å². The van der Waals surface area contributed by atoms with Crippen LogP contribution in [0.2, 0.25) is 0 Å². The number of anilines is 2. The first-order valence-electron chi connectivity index (χ1n) is 18.3. The van der Waals surface area contributed by atoms with Crippen LogP contribution in [0.1, 0.15) is 22.3 Å². The van der Waals surface area contributed by atoms with E-state index in [0.29, 0.717) is 0 Å². The van der Waals surface area contributed by atoms with Gasteiger partial charge in [0.2, 0.25) is 0 Å². The van der Waals surface area contributed by atoms with Crippen molar-refractivity contribution in [2.75, 3.05) is 9.80 Å². The van der Waals surface area contributed by atoms with Gasteiger partial charge in [0.05, 0.1) is 11.0 Å². The van der Waals surface area contributed by atoms with Gasteiger partial charge in [-0.05, 0) is 111 Å². The summed E-state index contributed by atoms with van der Waals surface area (Å²) in [6.45, 7) is 3.49. The molecular weight excluding hydrogens is 633 g/mol. The van der Waals surface area contributed by atoms with Crippen molar-refractivity contribution in [3.8, 4) is 0 Å². The molecule has 0 amide bonds. The molecule has 0 saturated carbocycles. The van der Waals surface area contributed by atoms with E-state index in [1.165, 1.54) is 98.3 Å². The maximum atomic E-state index is 5.01. The van der Waals surface area contributed by atoms with E-state index in [-0.39, 0.29) is 0 Å². The van der Waals surface area contributed by atoms with Crippen LogP contribution in [0.15, 0.2) is 134 Å². The molecule has 0 N–H and O–H groups in total. The average molecular weight is 663 g/mol. The maximum absolute atomic E-state index is 5.01. The zero-order valence-electron chi connectivity index (χ0n) is 28.3. The third kappa shape index (κ3) is 3.37. The normalized spacial score (nSPS) is 14.5. The number of hydrogen-bond acceptors (Lipinski definition) is 4. The van der Waals surface area contributed by atoms with Crippen molar-refractivity contribution in [1.82, 2.24) is 9.97 Å². The number of fused-ring (bicyclic) bond motifs is 9. The van der Waals surface area contributed by atoms with Crippen LogP contribution in [0.3, 0.4) is 0 Å². The Morgan fingerprint density at radius 1 is 0.327 bits per heavy atom. The number of rotatable bonds is 2. The fourth-order valence-electron chi connectivity index (χ4n) is 10.3. The Kier molecular flexibility index (Phi) is 5.04. The highest BCUT2D eigenvalue weighted by Crippen LogP contribution is 2.47.